The summed E-state index contributed by atoms with van der Waals surface area (Å²) in [5.41, 5.74) is 7.79. The van der Waals surface area contributed by atoms with Crippen LogP contribution >= 0.6 is 11.3 Å². The van der Waals surface area contributed by atoms with Gasteiger partial charge in [-0.25, -0.2) is 15.0 Å². The Labute approximate surface area is 295 Å². The summed E-state index contributed by atoms with van der Waals surface area (Å²) in [5.74, 6) is 1.90. The zero-order valence-corrected chi connectivity index (χ0v) is 27.9. The molecule has 0 atom stereocenters. The molecule has 0 N–H and O–H groups in total. The van der Waals surface area contributed by atoms with E-state index in [1.807, 2.05) is 36.4 Å². The van der Waals surface area contributed by atoms with Gasteiger partial charge in [-0.1, -0.05) is 109 Å². The molecule has 0 bridgehead atoms. The van der Waals surface area contributed by atoms with Gasteiger partial charge < -0.3 is 8.98 Å². The number of hydrogen-bond acceptors (Lipinski definition) is 5. The summed E-state index contributed by atoms with van der Waals surface area (Å²) in [6, 6.07) is 54.8. The third-order valence-electron chi connectivity index (χ3n) is 9.87. The first-order valence-electron chi connectivity index (χ1n) is 16.9. The van der Waals surface area contributed by atoms with Crippen molar-refractivity contribution in [2.75, 3.05) is 0 Å². The van der Waals surface area contributed by atoms with E-state index in [1.165, 1.54) is 30.9 Å². The van der Waals surface area contributed by atoms with Gasteiger partial charge in [0.05, 0.1) is 16.7 Å². The number of aromatic nitrogens is 4. The van der Waals surface area contributed by atoms with Crippen molar-refractivity contribution in [3.63, 3.8) is 0 Å². The van der Waals surface area contributed by atoms with Crippen LogP contribution in [0.4, 0.5) is 0 Å². The minimum atomic E-state index is 0.616. The first kappa shape index (κ1) is 28.2. The summed E-state index contributed by atoms with van der Waals surface area (Å²) in [6.45, 7) is 0. The van der Waals surface area contributed by atoms with Crippen molar-refractivity contribution >= 4 is 75.3 Å². The monoisotopic (exact) mass is 670 g/mol. The number of para-hydroxylation sites is 3. The smallest absolute Gasteiger partial charge is 0.164 e. The highest BCUT2D eigenvalue weighted by Crippen LogP contribution is 2.41. The summed E-state index contributed by atoms with van der Waals surface area (Å²) in [4.78, 5) is 15.3. The quantitative estimate of drug-likeness (QED) is 0.187. The van der Waals surface area contributed by atoms with E-state index in [0.29, 0.717) is 17.5 Å². The average Bonchev–Trinajstić information content (AvgIpc) is 3.87. The van der Waals surface area contributed by atoms with Crippen LogP contribution in [0.15, 0.2) is 162 Å². The Balaban J connectivity index is 1.13. The predicted octanol–water partition coefficient (Wildman–Crippen LogP) is 12.2. The van der Waals surface area contributed by atoms with E-state index in [9.17, 15) is 0 Å². The predicted molar refractivity (Wildman–Crippen MR) is 211 cm³/mol. The second-order valence-corrected chi connectivity index (χ2v) is 13.9. The van der Waals surface area contributed by atoms with Gasteiger partial charge in [-0.05, 0) is 48.5 Å². The SMILES string of the molecule is c1ccc(-c2nc(-c3ccc4oc5c(-n6c7ccccc7c7ccccc76)cccc5c4c3)nc(-c3cccc4sc5ccccc5c34)n2)cc1. The van der Waals surface area contributed by atoms with Gasteiger partial charge >= 0.3 is 0 Å². The first-order chi connectivity index (χ1) is 25.3. The molecular weight excluding hydrogens is 645 g/mol. The lowest BCUT2D eigenvalue weighted by Gasteiger charge is -2.09. The largest absolute Gasteiger partial charge is 0.454 e. The number of nitrogens with zero attached hydrogens (tertiary/aromatic N) is 4. The number of fused-ring (bicyclic) bond motifs is 9. The van der Waals surface area contributed by atoms with Gasteiger partial charge in [0, 0.05) is 58.4 Å². The zero-order chi connectivity index (χ0) is 33.5. The van der Waals surface area contributed by atoms with Crippen LogP contribution in [-0.4, -0.2) is 19.5 Å². The van der Waals surface area contributed by atoms with E-state index < -0.39 is 0 Å². The number of hydrogen-bond donors (Lipinski definition) is 0. The standard InChI is InChI=1S/C45H26N4OS/c1-2-12-27(13-3-1)43-46-44(48-45(47-43)33-18-11-23-40-41(33)32-16-6-9-22-39(32)51-40)28-24-25-38-34(26-28)31-17-10-21-37(42(31)50-38)49-35-19-7-4-14-29(35)30-15-5-8-20-36(30)49/h1-26H. The first-order valence-corrected chi connectivity index (χ1v) is 17.8. The fraction of sp³-hybridized carbons (Fsp3) is 0. The van der Waals surface area contributed by atoms with Gasteiger partial charge in [-0.3, -0.25) is 0 Å². The van der Waals surface area contributed by atoms with Gasteiger partial charge in [0.1, 0.15) is 5.58 Å². The van der Waals surface area contributed by atoms with Gasteiger partial charge in [-0.2, -0.15) is 0 Å². The number of furan rings is 1. The maximum atomic E-state index is 6.69. The number of rotatable bonds is 4. The Kier molecular flexibility index (Phi) is 6.05. The van der Waals surface area contributed by atoms with Crippen molar-refractivity contribution in [1.29, 1.82) is 0 Å². The topological polar surface area (TPSA) is 56.7 Å². The fourth-order valence-electron chi connectivity index (χ4n) is 7.58. The molecule has 5 nitrogen and oxygen atoms in total. The van der Waals surface area contributed by atoms with Crippen LogP contribution in [0.25, 0.3) is 104 Å². The minimum absolute atomic E-state index is 0.616. The van der Waals surface area contributed by atoms with Gasteiger partial charge in [0.15, 0.2) is 23.1 Å². The molecule has 0 aliphatic carbocycles. The molecule has 0 unspecified atom stereocenters. The van der Waals surface area contributed by atoms with Crippen LogP contribution in [-0.2, 0) is 0 Å². The van der Waals surface area contributed by atoms with Gasteiger partial charge in [0.25, 0.3) is 0 Å². The molecule has 11 rings (SSSR count). The molecule has 238 valence electrons. The van der Waals surface area contributed by atoms with Crippen LogP contribution in [0.1, 0.15) is 0 Å². The van der Waals surface area contributed by atoms with Crippen LogP contribution in [0.3, 0.4) is 0 Å². The van der Waals surface area contributed by atoms with E-state index >= 15 is 0 Å². The molecule has 51 heavy (non-hydrogen) atoms. The van der Waals surface area contributed by atoms with Crippen LogP contribution < -0.4 is 0 Å². The highest BCUT2D eigenvalue weighted by Gasteiger charge is 2.20. The van der Waals surface area contributed by atoms with E-state index in [1.54, 1.807) is 11.3 Å². The minimum Gasteiger partial charge on any atom is -0.454 e. The molecule has 0 amide bonds. The summed E-state index contributed by atoms with van der Waals surface area (Å²) < 4.78 is 11.5. The highest BCUT2D eigenvalue weighted by atomic mass is 32.1. The summed E-state index contributed by atoms with van der Waals surface area (Å²) in [6.07, 6.45) is 0. The van der Waals surface area contributed by atoms with E-state index in [-0.39, 0.29) is 0 Å². The van der Waals surface area contributed by atoms with E-state index in [4.69, 9.17) is 19.4 Å². The maximum absolute atomic E-state index is 6.69. The molecule has 11 aromatic rings. The average molecular weight is 671 g/mol. The molecule has 4 heterocycles. The maximum Gasteiger partial charge on any atom is 0.164 e. The third-order valence-corrected chi connectivity index (χ3v) is 11.0. The van der Waals surface area contributed by atoms with Crippen molar-refractivity contribution in [3.8, 4) is 39.9 Å². The highest BCUT2D eigenvalue weighted by molar-refractivity contribution is 7.25. The summed E-state index contributed by atoms with van der Waals surface area (Å²) in [7, 11) is 0. The lowest BCUT2D eigenvalue weighted by atomic mass is 10.0. The van der Waals surface area contributed by atoms with Crippen molar-refractivity contribution in [2.45, 2.75) is 0 Å². The van der Waals surface area contributed by atoms with Crippen molar-refractivity contribution in [3.05, 3.63) is 158 Å². The van der Waals surface area contributed by atoms with Crippen molar-refractivity contribution in [2.24, 2.45) is 0 Å². The van der Waals surface area contributed by atoms with Crippen molar-refractivity contribution in [1.82, 2.24) is 19.5 Å². The van der Waals surface area contributed by atoms with Crippen LogP contribution in [0.2, 0.25) is 0 Å². The van der Waals surface area contributed by atoms with E-state index in [2.05, 4.69) is 126 Å². The lowest BCUT2D eigenvalue weighted by Crippen LogP contribution is -2.00. The van der Waals surface area contributed by atoms with Crippen molar-refractivity contribution < 1.29 is 4.42 Å². The van der Waals surface area contributed by atoms with Gasteiger partial charge in [-0.15, -0.1) is 11.3 Å². The van der Waals surface area contributed by atoms with Gasteiger partial charge in [0.2, 0.25) is 0 Å². The van der Waals surface area contributed by atoms with Crippen LogP contribution in [0, 0.1) is 0 Å². The summed E-state index contributed by atoms with van der Waals surface area (Å²) >= 11 is 1.79. The second kappa shape index (κ2) is 10.9. The Bertz CT molecular complexity index is 3100. The molecule has 0 saturated carbocycles. The molecular formula is C45H26N4OS. The van der Waals surface area contributed by atoms with Crippen LogP contribution in [0.5, 0.6) is 0 Å². The molecule has 0 spiro atoms. The zero-order valence-electron chi connectivity index (χ0n) is 27.1. The molecule has 6 heteroatoms. The molecule has 0 saturated heterocycles. The Morgan fingerprint density at radius 3 is 1.88 bits per heavy atom. The third kappa shape index (κ3) is 4.30. The molecule has 7 aromatic carbocycles. The molecule has 0 radical (unpaired) electrons. The fourth-order valence-corrected chi connectivity index (χ4v) is 8.72. The Morgan fingerprint density at radius 1 is 0.451 bits per heavy atom. The van der Waals surface area contributed by atoms with E-state index in [0.717, 1.165) is 55.3 Å². The Hall–Kier alpha value is -6.63. The second-order valence-electron chi connectivity index (χ2n) is 12.8. The number of benzene rings is 7. The molecule has 0 aliphatic heterocycles. The summed E-state index contributed by atoms with van der Waals surface area (Å²) in [5, 5.41) is 6.87. The molecule has 0 fully saturated rings. The lowest BCUT2D eigenvalue weighted by molar-refractivity contribution is 0.666. The molecule has 0 aliphatic rings. The number of thiophene rings is 1. The Morgan fingerprint density at radius 2 is 1.08 bits per heavy atom. The normalized spacial score (nSPS) is 11.9. The molecule has 4 aromatic heterocycles.